The monoisotopic (exact) mass is 692 g/mol. The number of rotatable bonds is 9. The summed E-state index contributed by atoms with van der Waals surface area (Å²) in [5.74, 6) is 1.25. The van der Waals surface area contributed by atoms with Crippen molar-refractivity contribution in [2.24, 2.45) is 7.05 Å². The molecule has 1 aromatic heterocycles. The van der Waals surface area contributed by atoms with Gasteiger partial charge in [-0.25, -0.2) is 0 Å². The molecule has 1 aliphatic heterocycles. The van der Waals surface area contributed by atoms with E-state index >= 15 is 0 Å². The lowest BCUT2D eigenvalue weighted by molar-refractivity contribution is 0.102. The molecule has 5 aromatic carbocycles. The Bertz CT molecular complexity index is 2540. The van der Waals surface area contributed by atoms with Crippen molar-refractivity contribution in [3.8, 4) is 11.5 Å². The van der Waals surface area contributed by atoms with Gasteiger partial charge in [0.25, 0.3) is 17.0 Å². The highest BCUT2D eigenvalue weighted by Crippen LogP contribution is 2.33. The Morgan fingerprint density at radius 1 is 0.808 bits per heavy atom. The smallest absolute Gasteiger partial charge is 0.274 e. The summed E-state index contributed by atoms with van der Waals surface area (Å²) in [6.45, 7) is 2.76. The topological polar surface area (TPSA) is 106 Å². The number of aromatic amines is 1. The van der Waals surface area contributed by atoms with Crippen molar-refractivity contribution in [2.75, 3.05) is 32.6 Å². The largest absolute Gasteiger partial charge is 0.493 e. The molecule has 0 spiro atoms. The number of aromatic nitrogens is 2. The number of H-pyrrole nitrogens is 1. The Morgan fingerprint density at radius 3 is 2.31 bits per heavy atom. The number of hydrogen-bond donors (Lipinski definition) is 2. The summed E-state index contributed by atoms with van der Waals surface area (Å²) in [4.78, 5) is 44.9. The minimum Gasteiger partial charge on any atom is -0.493 e. The third-order valence-corrected chi connectivity index (χ3v) is 9.64. The fraction of sp³-hybridized carbons (Fsp3) is 0.186. The minimum absolute atomic E-state index is 0.130. The van der Waals surface area contributed by atoms with Gasteiger partial charge < -0.3 is 24.3 Å². The zero-order valence-corrected chi connectivity index (χ0v) is 29.4. The summed E-state index contributed by atoms with van der Waals surface area (Å²) in [5.41, 5.74) is 5.56. The van der Waals surface area contributed by atoms with Crippen molar-refractivity contribution in [3.05, 3.63) is 168 Å². The summed E-state index contributed by atoms with van der Waals surface area (Å²) < 4.78 is 12.3. The summed E-state index contributed by atoms with van der Waals surface area (Å²) in [6, 6.07) is 32.9. The van der Waals surface area contributed by atoms with Crippen molar-refractivity contribution in [1.82, 2.24) is 14.5 Å². The SMILES string of the molecule is COc1cc2c(cc1OC)CN(CCc1ccc(NC(=O)c3cccc(/C=c4\[nH]c(=O)/c(=C/c5ccc6ccccc6c5)n(C)c4=O)c3)cc1)CC2. The number of carbonyl (C=O) groups excluding carboxylic acids is 1. The van der Waals surface area contributed by atoms with Crippen LogP contribution >= 0.6 is 0 Å². The molecule has 52 heavy (non-hydrogen) atoms. The van der Waals surface area contributed by atoms with E-state index in [-0.39, 0.29) is 27.7 Å². The van der Waals surface area contributed by atoms with Crippen molar-refractivity contribution < 1.29 is 14.3 Å². The molecule has 1 aliphatic rings. The molecule has 0 saturated heterocycles. The van der Waals surface area contributed by atoms with Gasteiger partial charge in [0.2, 0.25) is 0 Å². The van der Waals surface area contributed by atoms with Crippen LogP contribution in [0.25, 0.3) is 22.9 Å². The molecule has 0 unspecified atom stereocenters. The van der Waals surface area contributed by atoms with Crippen LogP contribution in [-0.4, -0.2) is 47.7 Å². The number of anilines is 1. The van der Waals surface area contributed by atoms with Crippen LogP contribution in [0.5, 0.6) is 11.5 Å². The number of nitrogens with zero attached hydrogens (tertiary/aromatic N) is 2. The van der Waals surface area contributed by atoms with Gasteiger partial charge >= 0.3 is 0 Å². The number of amides is 1. The van der Waals surface area contributed by atoms with Crippen LogP contribution in [0.4, 0.5) is 5.69 Å². The maximum absolute atomic E-state index is 13.3. The van der Waals surface area contributed by atoms with Crippen molar-refractivity contribution in [1.29, 1.82) is 0 Å². The summed E-state index contributed by atoms with van der Waals surface area (Å²) in [6.07, 6.45) is 5.14. The lowest BCUT2D eigenvalue weighted by atomic mass is 9.98. The molecule has 0 bridgehead atoms. The predicted molar refractivity (Wildman–Crippen MR) is 206 cm³/mol. The van der Waals surface area contributed by atoms with Gasteiger partial charge in [0.05, 0.1) is 14.2 Å². The first-order valence-corrected chi connectivity index (χ1v) is 17.3. The van der Waals surface area contributed by atoms with Gasteiger partial charge in [0.1, 0.15) is 10.7 Å². The minimum atomic E-state index is -0.387. The fourth-order valence-corrected chi connectivity index (χ4v) is 6.71. The Morgan fingerprint density at radius 2 is 1.54 bits per heavy atom. The first-order chi connectivity index (χ1) is 25.3. The maximum Gasteiger partial charge on any atom is 0.274 e. The Labute approximate surface area is 301 Å². The third kappa shape index (κ3) is 7.45. The van der Waals surface area contributed by atoms with Gasteiger partial charge in [-0.2, -0.15) is 0 Å². The molecule has 9 heteroatoms. The van der Waals surface area contributed by atoms with E-state index in [0.29, 0.717) is 16.8 Å². The van der Waals surface area contributed by atoms with E-state index in [1.807, 2.05) is 66.7 Å². The summed E-state index contributed by atoms with van der Waals surface area (Å²) >= 11 is 0. The normalized spacial score (nSPS) is 13.6. The number of ether oxygens (including phenoxy) is 2. The Balaban J connectivity index is 1.01. The third-order valence-electron chi connectivity index (χ3n) is 9.64. The van der Waals surface area contributed by atoms with Gasteiger partial charge in [-0.15, -0.1) is 0 Å². The van der Waals surface area contributed by atoms with Gasteiger partial charge in [-0.1, -0.05) is 60.7 Å². The van der Waals surface area contributed by atoms with Crippen LogP contribution in [0.2, 0.25) is 0 Å². The van der Waals surface area contributed by atoms with Crippen LogP contribution in [0.3, 0.4) is 0 Å². The molecule has 9 nitrogen and oxygen atoms in total. The van der Waals surface area contributed by atoms with Gasteiger partial charge in [-0.05, 0) is 106 Å². The molecular weight excluding hydrogens is 652 g/mol. The Kier molecular flexibility index (Phi) is 9.86. The van der Waals surface area contributed by atoms with Gasteiger partial charge in [-0.3, -0.25) is 19.3 Å². The van der Waals surface area contributed by atoms with E-state index in [1.165, 1.54) is 21.3 Å². The first kappa shape index (κ1) is 34.3. The standard InChI is InChI=1S/C43H40N4O5/c1-46-38(24-30-11-14-31-8-4-5-9-32(31)21-30)42(49)45-37(43(46)50)23-29-7-6-10-34(22-29)41(48)44-36-15-12-28(13-16-36)17-19-47-20-18-33-25-39(51-2)40(52-3)26-35(33)27-47/h4-16,21-26H,17-20,27H2,1-3H3,(H,44,48)(H,45,49)/b37-23-,38-24-. The molecule has 0 atom stereocenters. The molecular formula is C43H40N4O5. The lowest BCUT2D eigenvalue weighted by Crippen LogP contribution is -2.52. The van der Waals surface area contributed by atoms with E-state index < -0.39 is 0 Å². The molecule has 262 valence electrons. The quantitative estimate of drug-likeness (QED) is 0.227. The highest BCUT2D eigenvalue weighted by Gasteiger charge is 2.19. The average Bonchev–Trinajstić information content (AvgIpc) is 3.17. The average molecular weight is 693 g/mol. The van der Waals surface area contributed by atoms with E-state index in [4.69, 9.17) is 9.47 Å². The van der Waals surface area contributed by atoms with Crippen LogP contribution in [0.15, 0.2) is 113 Å². The number of benzene rings is 5. The van der Waals surface area contributed by atoms with E-state index in [1.54, 1.807) is 57.7 Å². The molecule has 0 saturated carbocycles. The number of methoxy groups -OCH3 is 2. The van der Waals surface area contributed by atoms with Crippen molar-refractivity contribution in [2.45, 2.75) is 19.4 Å². The Hall–Kier alpha value is -6.19. The highest BCUT2D eigenvalue weighted by atomic mass is 16.5. The molecule has 0 aliphatic carbocycles. The summed E-state index contributed by atoms with van der Waals surface area (Å²) in [5, 5.41) is 5.49. The van der Waals surface area contributed by atoms with Gasteiger partial charge in [0.15, 0.2) is 11.5 Å². The molecule has 2 heterocycles. The molecule has 0 radical (unpaired) electrons. The second-order valence-electron chi connectivity index (χ2n) is 13.0. The number of hydrogen-bond acceptors (Lipinski definition) is 6. The van der Waals surface area contributed by atoms with Gasteiger partial charge in [0, 0.05) is 37.9 Å². The highest BCUT2D eigenvalue weighted by molar-refractivity contribution is 6.04. The second kappa shape index (κ2) is 15.0. The molecule has 6 aromatic rings. The van der Waals surface area contributed by atoms with Crippen LogP contribution < -0.4 is 36.6 Å². The van der Waals surface area contributed by atoms with Crippen LogP contribution in [-0.2, 0) is 26.4 Å². The summed E-state index contributed by atoms with van der Waals surface area (Å²) in [7, 11) is 4.91. The number of nitrogens with one attached hydrogen (secondary N) is 2. The lowest BCUT2D eigenvalue weighted by Gasteiger charge is -2.29. The van der Waals surface area contributed by atoms with Crippen molar-refractivity contribution in [3.63, 3.8) is 0 Å². The molecule has 1 amide bonds. The number of carbonyl (C=O) groups is 1. The van der Waals surface area contributed by atoms with Crippen molar-refractivity contribution >= 4 is 34.5 Å². The molecule has 0 fully saturated rings. The fourth-order valence-electron chi connectivity index (χ4n) is 6.71. The number of fused-ring (bicyclic) bond motifs is 2. The predicted octanol–water partition coefficient (Wildman–Crippen LogP) is 4.75. The maximum atomic E-state index is 13.3. The zero-order valence-electron chi connectivity index (χ0n) is 29.4. The van der Waals surface area contributed by atoms with E-state index in [2.05, 4.69) is 27.3 Å². The second-order valence-corrected chi connectivity index (χ2v) is 13.0. The van der Waals surface area contributed by atoms with E-state index in [0.717, 1.165) is 60.3 Å². The zero-order chi connectivity index (χ0) is 36.2. The first-order valence-electron chi connectivity index (χ1n) is 17.3. The molecule has 7 rings (SSSR count). The van der Waals surface area contributed by atoms with E-state index in [9.17, 15) is 14.4 Å². The molecule has 2 N–H and O–H groups in total. The van der Waals surface area contributed by atoms with Crippen LogP contribution in [0.1, 0.15) is 38.2 Å². The van der Waals surface area contributed by atoms with Crippen LogP contribution in [0, 0.1) is 0 Å².